The molecule has 0 aliphatic heterocycles. The Balaban J connectivity index is 2.33. The van der Waals surface area contributed by atoms with Gasteiger partial charge in [0, 0.05) is 20.3 Å². The molecule has 0 aromatic heterocycles. The summed E-state index contributed by atoms with van der Waals surface area (Å²) >= 11 is 0. The molecule has 1 aliphatic carbocycles. The van der Waals surface area contributed by atoms with Crippen molar-refractivity contribution < 1.29 is 9.84 Å². The number of methoxy groups -OCH3 is 1. The Hall–Kier alpha value is -0.120. The summed E-state index contributed by atoms with van der Waals surface area (Å²) in [5, 5.41) is 12.8. The van der Waals surface area contributed by atoms with E-state index in [4.69, 9.17) is 4.74 Å². The zero-order valence-corrected chi connectivity index (χ0v) is 8.62. The third-order valence-electron chi connectivity index (χ3n) is 2.92. The molecular weight excluding hydrogens is 166 g/mol. The predicted molar refractivity (Wildman–Crippen MR) is 52.6 cm³/mol. The molecule has 0 aromatic rings. The second-order valence-electron chi connectivity index (χ2n) is 4.02. The van der Waals surface area contributed by atoms with Crippen molar-refractivity contribution in [1.29, 1.82) is 0 Å². The minimum Gasteiger partial charge on any atom is -0.393 e. The smallest absolute Gasteiger partial charge is 0.0580 e. The van der Waals surface area contributed by atoms with Crippen molar-refractivity contribution in [2.45, 2.75) is 25.4 Å². The van der Waals surface area contributed by atoms with Crippen LogP contribution in [-0.4, -0.2) is 38.5 Å². The van der Waals surface area contributed by atoms with Gasteiger partial charge in [0.15, 0.2) is 0 Å². The number of ether oxygens (including phenoxy) is 1. The van der Waals surface area contributed by atoms with Gasteiger partial charge >= 0.3 is 0 Å². The molecule has 2 N–H and O–H groups in total. The summed E-state index contributed by atoms with van der Waals surface area (Å²) in [4.78, 5) is 0. The lowest BCUT2D eigenvalue weighted by molar-refractivity contribution is 0.0258. The van der Waals surface area contributed by atoms with E-state index in [2.05, 4.69) is 5.32 Å². The van der Waals surface area contributed by atoms with Gasteiger partial charge in [0.25, 0.3) is 0 Å². The van der Waals surface area contributed by atoms with Crippen molar-refractivity contribution in [3.05, 3.63) is 0 Å². The lowest BCUT2D eigenvalue weighted by Crippen LogP contribution is -2.36. The van der Waals surface area contributed by atoms with Crippen LogP contribution in [0.3, 0.4) is 0 Å². The fourth-order valence-electron chi connectivity index (χ4n) is 2.21. The van der Waals surface area contributed by atoms with Crippen LogP contribution < -0.4 is 5.32 Å². The quantitative estimate of drug-likeness (QED) is 0.678. The van der Waals surface area contributed by atoms with E-state index in [1.807, 2.05) is 7.05 Å². The van der Waals surface area contributed by atoms with Gasteiger partial charge in [0.05, 0.1) is 6.10 Å². The van der Waals surface area contributed by atoms with Crippen LogP contribution >= 0.6 is 0 Å². The third-order valence-corrected chi connectivity index (χ3v) is 2.92. The summed E-state index contributed by atoms with van der Waals surface area (Å²) in [7, 11) is 3.69. The largest absolute Gasteiger partial charge is 0.393 e. The van der Waals surface area contributed by atoms with Gasteiger partial charge < -0.3 is 15.2 Å². The number of aliphatic hydroxyl groups is 1. The molecule has 0 radical (unpaired) electrons. The van der Waals surface area contributed by atoms with E-state index >= 15 is 0 Å². The highest BCUT2D eigenvalue weighted by atomic mass is 16.5. The van der Waals surface area contributed by atoms with E-state index in [1.165, 1.54) is 0 Å². The van der Waals surface area contributed by atoms with Gasteiger partial charge in [-0.1, -0.05) is 0 Å². The maximum atomic E-state index is 9.71. The Morgan fingerprint density at radius 1 is 1.46 bits per heavy atom. The first kappa shape index (κ1) is 11.0. The van der Waals surface area contributed by atoms with Crippen molar-refractivity contribution >= 4 is 0 Å². The Morgan fingerprint density at radius 3 is 2.85 bits per heavy atom. The molecule has 1 fully saturated rings. The second-order valence-corrected chi connectivity index (χ2v) is 4.02. The lowest BCUT2D eigenvalue weighted by Gasteiger charge is -2.32. The molecule has 1 aliphatic rings. The lowest BCUT2D eigenvalue weighted by atomic mass is 9.80. The molecule has 3 atom stereocenters. The van der Waals surface area contributed by atoms with Gasteiger partial charge in [0.2, 0.25) is 0 Å². The summed E-state index contributed by atoms with van der Waals surface area (Å²) in [5.74, 6) is 1.06. The highest BCUT2D eigenvalue weighted by Gasteiger charge is 2.28. The van der Waals surface area contributed by atoms with E-state index in [1.54, 1.807) is 7.11 Å². The van der Waals surface area contributed by atoms with E-state index in [0.717, 1.165) is 32.4 Å². The monoisotopic (exact) mass is 187 g/mol. The molecule has 0 aromatic carbocycles. The Kier molecular flexibility index (Phi) is 4.70. The van der Waals surface area contributed by atoms with E-state index in [9.17, 15) is 5.11 Å². The molecule has 3 nitrogen and oxygen atoms in total. The Labute approximate surface area is 80.5 Å². The Bertz CT molecular complexity index is 141. The van der Waals surface area contributed by atoms with Gasteiger partial charge in [-0.05, 0) is 38.1 Å². The van der Waals surface area contributed by atoms with Crippen LogP contribution in [0.2, 0.25) is 0 Å². The van der Waals surface area contributed by atoms with Crippen LogP contribution in [0.25, 0.3) is 0 Å². The minimum atomic E-state index is -0.111. The highest BCUT2D eigenvalue weighted by Crippen LogP contribution is 2.29. The molecule has 13 heavy (non-hydrogen) atoms. The van der Waals surface area contributed by atoms with Crippen LogP contribution in [0.4, 0.5) is 0 Å². The molecule has 1 rings (SSSR count). The summed E-state index contributed by atoms with van der Waals surface area (Å²) in [6, 6.07) is 0. The van der Waals surface area contributed by atoms with Gasteiger partial charge in [-0.2, -0.15) is 0 Å². The summed E-state index contributed by atoms with van der Waals surface area (Å²) in [6.45, 7) is 1.76. The standard InChI is InChI=1S/C10H21NO2/c1-11-6-9-5-8(7-13-2)3-4-10(9)12/h8-12H,3-7H2,1-2H3/t8-,9?,10+/m1/s1. The fraction of sp³-hybridized carbons (Fsp3) is 1.00. The van der Waals surface area contributed by atoms with E-state index < -0.39 is 0 Å². The molecule has 0 amide bonds. The van der Waals surface area contributed by atoms with Gasteiger partial charge in [-0.15, -0.1) is 0 Å². The van der Waals surface area contributed by atoms with Crippen LogP contribution in [0.5, 0.6) is 0 Å². The number of hydrogen-bond acceptors (Lipinski definition) is 3. The van der Waals surface area contributed by atoms with Crippen LogP contribution in [0.1, 0.15) is 19.3 Å². The van der Waals surface area contributed by atoms with Crippen molar-refractivity contribution in [2.75, 3.05) is 27.3 Å². The highest BCUT2D eigenvalue weighted by molar-refractivity contribution is 4.80. The average molecular weight is 187 g/mol. The molecule has 1 saturated carbocycles. The number of hydrogen-bond donors (Lipinski definition) is 2. The Morgan fingerprint density at radius 2 is 2.23 bits per heavy atom. The van der Waals surface area contributed by atoms with Crippen molar-refractivity contribution in [3.8, 4) is 0 Å². The summed E-state index contributed by atoms with van der Waals surface area (Å²) in [6.07, 6.45) is 3.02. The molecule has 0 spiro atoms. The topological polar surface area (TPSA) is 41.5 Å². The number of aliphatic hydroxyl groups excluding tert-OH is 1. The van der Waals surface area contributed by atoms with Crippen LogP contribution in [0.15, 0.2) is 0 Å². The molecule has 78 valence electrons. The summed E-state index contributed by atoms with van der Waals surface area (Å²) < 4.78 is 5.14. The SMILES string of the molecule is CNCC1C[C@H](COC)CC[C@@H]1O. The van der Waals surface area contributed by atoms with Crippen LogP contribution in [-0.2, 0) is 4.74 Å². The van der Waals surface area contributed by atoms with Crippen LogP contribution in [0, 0.1) is 11.8 Å². The van der Waals surface area contributed by atoms with Gasteiger partial charge in [0.1, 0.15) is 0 Å². The first-order valence-electron chi connectivity index (χ1n) is 5.09. The molecule has 3 heteroatoms. The first-order valence-corrected chi connectivity index (χ1v) is 5.09. The molecule has 0 saturated heterocycles. The predicted octanol–water partition coefficient (Wildman–Crippen LogP) is 0.629. The second kappa shape index (κ2) is 5.58. The third kappa shape index (κ3) is 3.25. The molecular formula is C10H21NO2. The minimum absolute atomic E-state index is 0.111. The van der Waals surface area contributed by atoms with Crippen molar-refractivity contribution in [2.24, 2.45) is 11.8 Å². The van der Waals surface area contributed by atoms with Crippen molar-refractivity contribution in [3.63, 3.8) is 0 Å². The zero-order valence-electron chi connectivity index (χ0n) is 8.62. The maximum Gasteiger partial charge on any atom is 0.0580 e. The number of nitrogens with one attached hydrogen (secondary N) is 1. The average Bonchev–Trinajstić information content (AvgIpc) is 2.12. The van der Waals surface area contributed by atoms with Gasteiger partial charge in [-0.25, -0.2) is 0 Å². The molecule has 0 bridgehead atoms. The maximum absolute atomic E-state index is 9.71. The molecule has 1 unspecified atom stereocenters. The zero-order chi connectivity index (χ0) is 9.68. The fourth-order valence-corrected chi connectivity index (χ4v) is 2.21. The van der Waals surface area contributed by atoms with Gasteiger partial charge in [-0.3, -0.25) is 0 Å². The number of rotatable bonds is 4. The van der Waals surface area contributed by atoms with E-state index in [-0.39, 0.29) is 6.10 Å². The first-order chi connectivity index (χ1) is 6.27. The van der Waals surface area contributed by atoms with E-state index in [0.29, 0.717) is 11.8 Å². The normalized spacial score (nSPS) is 34.8. The van der Waals surface area contributed by atoms with Crippen molar-refractivity contribution in [1.82, 2.24) is 5.32 Å². The summed E-state index contributed by atoms with van der Waals surface area (Å²) in [5.41, 5.74) is 0. The molecule has 0 heterocycles.